The van der Waals surface area contributed by atoms with Crippen molar-refractivity contribution in [1.82, 2.24) is 0 Å². The van der Waals surface area contributed by atoms with Crippen LogP contribution in [0.25, 0.3) is 0 Å². The molecule has 3 rings (SSSR count). The molecule has 31 heavy (non-hydrogen) atoms. The molecule has 1 unspecified atom stereocenters. The molecule has 2 aromatic rings. The van der Waals surface area contributed by atoms with Crippen molar-refractivity contribution < 1.29 is 52.6 Å². The van der Waals surface area contributed by atoms with Crippen LogP contribution < -0.4 is 44.3 Å². The van der Waals surface area contributed by atoms with Gasteiger partial charge in [0.2, 0.25) is 0 Å². The number of carbonyl (C=O) groups is 1. The quantitative estimate of drug-likeness (QED) is 0.536. The van der Waals surface area contributed by atoms with Crippen molar-refractivity contribution in [3.63, 3.8) is 0 Å². The van der Waals surface area contributed by atoms with Gasteiger partial charge in [0.1, 0.15) is 12.4 Å². The number of ether oxygens (including phenoxy) is 1. The molecular formula is C23H28NNaO5S. The van der Waals surface area contributed by atoms with Crippen LogP contribution in [-0.2, 0) is 14.6 Å². The number of hydrogen-bond acceptors (Lipinski definition) is 6. The molecule has 0 spiro atoms. The van der Waals surface area contributed by atoms with E-state index in [9.17, 15) is 18.3 Å². The molecule has 0 saturated carbocycles. The molecular weight excluding hydrogens is 425 g/mol. The third kappa shape index (κ3) is 6.04. The SMILES string of the molecule is CCCCC1(CC)CN(c2ccccc2)c2cc(OCC(=O)[O-])ccc2S(=O)(=O)C1.[Na+]. The molecule has 6 nitrogen and oxygen atoms in total. The van der Waals surface area contributed by atoms with Crippen molar-refractivity contribution in [2.75, 3.05) is 23.8 Å². The van der Waals surface area contributed by atoms with Gasteiger partial charge in [-0.25, -0.2) is 8.42 Å². The number of fused-ring (bicyclic) bond motifs is 1. The van der Waals surface area contributed by atoms with Crippen LogP contribution in [0.1, 0.15) is 39.5 Å². The zero-order valence-corrected chi connectivity index (χ0v) is 21.3. The number of para-hydroxylation sites is 1. The number of anilines is 2. The molecule has 0 aliphatic carbocycles. The third-order valence-electron chi connectivity index (χ3n) is 5.78. The van der Waals surface area contributed by atoms with Crippen LogP contribution in [-0.4, -0.2) is 33.3 Å². The van der Waals surface area contributed by atoms with Gasteiger partial charge in [-0.15, -0.1) is 0 Å². The summed E-state index contributed by atoms with van der Waals surface area (Å²) in [6, 6.07) is 14.3. The molecule has 2 aromatic carbocycles. The molecule has 1 atom stereocenters. The van der Waals surface area contributed by atoms with Gasteiger partial charge in [0, 0.05) is 23.7 Å². The monoisotopic (exact) mass is 453 g/mol. The summed E-state index contributed by atoms with van der Waals surface area (Å²) < 4.78 is 32.1. The second-order valence-electron chi connectivity index (χ2n) is 7.93. The van der Waals surface area contributed by atoms with E-state index in [1.54, 1.807) is 6.07 Å². The van der Waals surface area contributed by atoms with Crippen LogP contribution in [0.4, 0.5) is 11.4 Å². The fraction of sp³-hybridized carbons (Fsp3) is 0.435. The van der Waals surface area contributed by atoms with Crippen molar-refractivity contribution in [3.8, 4) is 5.75 Å². The molecule has 0 radical (unpaired) electrons. The van der Waals surface area contributed by atoms with Crippen LogP contribution in [0.15, 0.2) is 53.4 Å². The number of rotatable bonds is 8. The van der Waals surface area contributed by atoms with E-state index in [-0.39, 0.29) is 45.6 Å². The van der Waals surface area contributed by atoms with E-state index >= 15 is 0 Å². The normalized spacial score (nSPS) is 19.6. The Hall–Kier alpha value is -1.54. The topological polar surface area (TPSA) is 86.7 Å². The maximum atomic E-state index is 13.4. The van der Waals surface area contributed by atoms with E-state index in [0.29, 0.717) is 18.0 Å². The van der Waals surface area contributed by atoms with Gasteiger partial charge in [0.05, 0.1) is 22.3 Å². The van der Waals surface area contributed by atoms with Crippen molar-refractivity contribution >= 4 is 27.2 Å². The smallest absolute Gasteiger partial charge is 0.546 e. The van der Waals surface area contributed by atoms with Crippen molar-refractivity contribution in [3.05, 3.63) is 48.5 Å². The molecule has 0 N–H and O–H groups in total. The Labute approximate surface area is 206 Å². The number of sulfone groups is 1. The van der Waals surface area contributed by atoms with Gasteiger partial charge in [-0.1, -0.05) is 44.9 Å². The van der Waals surface area contributed by atoms with Crippen LogP contribution in [0.2, 0.25) is 0 Å². The Kier molecular flexibility index (Phi) is 9.01. The van der Waals surface area contributed by atoms with E-state index in [2.05, 4.69) is 13.8 Å². The minimum absolute atomic E-state index is 0. The maximum Gasteiger partial charge on any atom is 1.00 e. The van der Waals surface area contributed by atoms with E-state index in [0.717, 1.165) is 31.4 Å². The van der Waals surface area contributed by atoms with Gasteiger partial charge in [0.25, 0.3) is 0 Å². The minimum Gasteiger partial charge on any atom is -0.546 e. The van der Waals surface area contributed by atoms with E-state index in [1.807, 2.05) is 35.2 Å². The third-order valence-corrected chi connectivity index (χ3v) is 7.79. The summed E-state index contributed by atoms with van der Waals surface area (Å²) in [5.41, 5.74) is 1.03. The molecule has 162 valence electrons. The Bertz CT molecular complexity index is 996. The molecule has 1 heterocycles. The zero-order chi connectivity index (χ0) is 21.8. The van der Waals surface area contributed by atoms with Crippen LogP contribution >= 0.6 is 0 Å². The van der Waals surface area contributed by atoms with Crippen molar-refractivity contribution in [2.24, 2.45) is 5.41 Å². The predicted octanol–water partition coefficient (Wildman–Crippen LogP) is 0.331. The number of nitrogens with zero attached hydrogens (tertiary/aromatic N) is 1. The Morgan fingerprint density at radius 2 is 1.87 bits per heavy atom. The summed E-state index contributed by atoms with van der Waals surface area (Å²) in [7, 11) is -3.54. The minimum atomic E-state index is -3.54. The molecule has 1 aliphatic rings. The van der Waals surface area contributed by atoms with Crippen LogP contribution in [0.3, 0.4) is 0 Å². The largest absolute Gasteiger partial charge is 1.00 e. The van der Waals surface area contributed by atoms with E-state index < -0.39 is 22.4 Å². The molecule has 0 amide bonds. The van der Waals surface area contributed by atoms with Crippen molar-refractivity contribution in [2.45, 2.75) is 44.4 Å². The fourth-order valence-electron chi connectivity index (χ4n) is 4.08. The standard InChI is InChI=1S/C23H29NO5S.Na/c1-3-5-13-23(4-2)16-24(18-9-7-6-8-10-18)20-14-19(29-15-22(25)26)11-12-21(20)30(27,28)17-23;/h6-12,14H,3-5,13,15-17H2,1-2H3,(H,25,26);/q;+1/p-1. The zero-order valence-electron chi connectivity index (χ0n) is 18.5. The number of aliphatic carboxylic acids is 1. The van der Waals surface area contributed by atoms with E-state index in [1.165, 1.54) is 12.1 Å². The molecule has 1 aliphatic heterocycles. The number of unbranched alkanes of at least 4 members (excludes halogenated alkanes) is 1. The summed E-state index contributed by atoms with van der Waals surface area (Å²) in [5.74, 6) is -0.944. The molecule has 0 aromatic heterocycles. The Morgan fingerprint density at radius 1 is 1.16 bits per heavy atom. The average Bonchev–Trinajstić information content (AvgIpc) is 2.83. The summed E-state index contributed by atoms with van der Waals surface area (Å²) in [4.78, 5) is 13.1. The second-order valence-corrected chi connectivity index (χ2v) is 9.89. The first-order valence-corrected chi connectivity index (χ1v) is 12.0. The molecule has 0 saturated heterocycles. The molecule has 8 heteroatoms. The maximum absolute atomic E-state index is 13.4. The summed E-state index contributed by atoms with van der Waals surface area (Å²) in [5, 5.41) is 10.8. The summed E-state index contributed by atoms with van der Waals surface area (Å²) in [6.45, 7) is 4.13. The first kappa shape index (κ1) is 25.7. The molecule has 0 fully saturated rings. The Balaban J connectivity index is 0.00000341. The predicted molar refractivity (Wildman–Crippen MR) is 115 cm³/mol. The number of hydrogen-bond donors (Lipinski definition) is 0. The number of benzene rings is 2. The molecule has 0 bridgehead atoms. The summed E-state index contributed by atoms with van der Waals surface area (Å²) in [6.07, 6.45) is 3.53. The van der Waals surface area contributed by atoms with Gasteiger partial charge in [-0.2, -0.15) is 0 Å². The average molecular weight is 454 g/mol. The van der Waals surface area contributed by atoms with Gasteiger partial charge in [0.15, 0.2) is 9.84 Å². The summed E-state index contributed by atoms with van der Waals surface area (Å²) >= 11 is 0. The van der Waals surface area contributed by atoms with Gasteiger partial charge in [-0.3, -0.25) is 0 Å². The number of carboxylic acid groups (broad SMARTS) is 1. The van der Waals surface area contributed by atoms with Crippen LogP contribution in [0.5, 0.6) is 5.75 Å². The van der Waals surface area contributed by atoms with Gasteiger partial charge < -0.3 is 19.5 Å². The van der Waals surface area contributed by atoms with E-state index in [4.69, 9.17) is 4.74 Å². The van der Waals surface area contributed by atoms with Gasteiger partial charge >= 0.3 is 29.6 Å². The van der Waals surface area contributed by atoms with Gasteiger partial charge in [-0.05, 0) is 37.1 Å². The first-order valence-electron chi connectivity index (χ1n) is 10.3. The number of carbonyl (C=O) groups excluding carboxylic acids is 1. The fourth-order valence-corrected chi connectivity index (χ4v) is 6.25. The second kappa shape index (κ2) is 10.9. The Morgan fingerprint density at radius 3 is 2.48 bits per heavy atom. The van der Waals surface area contributed by atoms with Crippen molar-refractivity contribution in [1.29, 1.82) is 0 Å². The number of carboxylic acids is 1. The first-order chi connectivity index (χ1) is 14.3. The van der Waals surface area contributed by atoms with Crippen LogP contribution in [0, 0.1) is 5.41 Å².